The van der Waals surface area contributed by atoms with Gasteiger partial charge in [0.1, 0.15) is 5.82 Å². The number of hydrogen-bond acceptors (Lipinski definition) is 2. The highest BCUT2D eigenvalue weighted by Gasteiger charge is 2.11. The SMILES string of the molecule is C#CCCNC(=O)Nc1ccc(C(=O)O)c(F)c1. The van der Waals surface area contributed by atoms with E-state index < -0.39 is 23.4 Å². The van der Waals surface area contributed by atoms with Gasteiger partial charge in [0.05, 0.1) is 5.56 Å². The van der Waals surface area contributed by atoms with E-state index in [4.69, 9.17) is 11.5 Å². The molecule has 0 aromatic heterocycles. The van der Waals surface area contributed by atoms with E-state index in [9.17, 15) is 14.0 Å². The van der Waals surface area contributed by atoms with Gasteiger partial charge in [-0.3, -0.25) is 0 Å². The maximum absolute atomic E-state index is 13.3. The van der Waals surface area contributed by atoms with Crippen LogP contribution >= 0.6 is 0 Å². The number of carboxylic acid groups (broad SMARTS) is 1. The highest BCUT2D eigenvalue weighted by molar-refractivity contribution is 5.91. The first-order valence-electron chi connectivity index (χ1n) is 5.05. The number of rotatable bonds is 4. The Kier molecular flexibility index (Phi) is 4.69. The van der Waals surface area contributed by atoms with Crippen LogP contribution in [0.3, 0.4) is 0 Å². The number of urea groups is 1. The zero-order chi connectivity index (χ0) is 13.5. The minimum absolute atomic E-state index is 0.163. The molecule has 0 aliphatic carbocycles. The first-order valence-corrected chi connectivity index (χ1v) is 5.05. The number of carbonyl (C=O) groups is 2. The van der Waals surface area contributed by atoms with E-state index in [1.807, 2.05) is 0 Å². The van der Waals surface area contributed by atoms with E-state index in [1.165, 1.54) is 6.07 Å². The zero-order valence-corrected chi connectivity index (χ0v) is 9.37. The fourth-order valence-corrected chi connectivity index (χ4v) is 1.19. The van der Waals surface area contributed by atoms with E-state index in [0.717, 1.165) is 12.1 Å². The number of carboxylic acids is 1. The van der Waals surface area contributed by atoms with Crippen molar-refractivity contribution in [3.8, 4) is 12.3 Å². The van der Waals surface area contributed by atoms with Crippen LogP contribution in [-0.2, 0) is 0 Å². The number of hydrogen-bond donors (Lipinski definition) is 3. The summed E-state index contributed by atoms with van der Waals surface area (Å²) in [6.45, 7) is 0.304. The molecule has 1 rings (SSSR count). The van der Waals surface area contributed by atoms with Crippen LogP contribution in [0.4, 0.5) is 14.9 Å². The van der Waals surface area contributed by atoms with Crippen molar-refractivity contribution in [2.24, 2.45) is 0 Å². The summed E-state index contributed by atoms with van der Waals surface area (Å²) in [7, 11) is 0. The fraction of sp³-hybridized carbons (Fsp3) is 0.167. The molecule has 1 aromatic carbocycles. The number of terminal acetylenes is 1. The molecule has 3 N–H and O–H groups in total. The van der Waals surface area contributed by atoms with Gasteiger partial charge in [0.2, 0.25) is 0 Å². The molecule has 0 spiro atoms. The molecule has 0 bridgehead atoms. The molecule has 0 radical (unpaired) electrons. The van der Waals surface area contributed by atoms with E-state index in [2.05, 4.69) is 16.6 Å². The van der Waals surface area contributed by atoms with Crippen LogP contribution in [0.1, 0.15) is 16.8 Å². The van der Waals surface area contributed by atoms with Crippen LogP contribution in [0.5, 0.6) is 0 Å². The fourth-order valence-electron chi connectivity index (χ4n) is 1.19. The third kappa shape index (κ3) is 3.79. The summed E-state index contributed by atoms with van der Waals surface area (Å²) in [4.78, 5) is 21.9. The number of aromatic carboxylic acids is 1. The summed E-state index contributed by atoms with van der Waals surface area (Å²) >= 11 is 0. The number of nitrogens with one attached hydrogen (secondary N) is 2. The molecular weight excluding hydrogens is 239 g/mol. The highest BCUT2D eigenvalue weighted by atomic mass is 19.1. The Balaban J connectivity index is 2.64. The Labute approximate surface area is 103 Å². The van der Waals surface area contributed by atoms with Crippen molar-refractivity contribution in [2.45, 2.75) is 6.42 Å². The average molecular weight is 250 g/mol. The summed E-state index contributed by atoms with van der Waals surface area (Å²) in [5, 5.41) is 13.4. The third-order valence-corrected chi connectivity index (χ3v) is 2.01. The number of benzene rings is 1. The second-order valence-electron chi connectivity index (χ2n) is 3.33. The van der Waals surface area contributed by atoms with Gasteiger partial charge in [-0.2, -0.15) is 0 Å². The molecule has 2 amide bonds. The lowest BCUT2D eigenvalue weighted by molar-refractivity contribution is 0.0692. The van der Waals surface area contributed by atoms with Gasteiger partial charge in [0, 0.05) is 18.7 Å². The molecule has 5 nitrogen and oxygen atoms in total. The minimum Gasteiger partial charge on any atom is -0.478 e. The highest BCUT2D eigenvalue weighted by Crippen LogP contribution is 2.14. The molecule has 0 aliphatic rings. The molecule has 0 saturated carbocycles. The lowest BCUT2D eigenvalue weighted by atomic mass is 10.2. The van der Waals surface area contributed by atoms with E-state index in [0.29, 0.717) is 13.0 Å². The van der Waals surface area contributed by atoms with Crippen molar-refractivity contribution in [3.63, 3.8) is 0 Å². The number of amides is 2. The van der Waals surface area contributed by atoms with Crippen LogP contribution in [0.15, 0.2) is 18.2 Å². The normalized spacial score (nSPS) is 9.33. The maximum atomic E-state index is 13.3. The molecule has 94 valence electrons. The van der Waals surface area contributed by atoms with Gasteiger partial charge in [-0.25, -0.2) is 14.0 Å². The largest absolute Gasteiger partial charge is 0.478 e. The van der Waals surface area contributed by atoms with Crippen LogP contribution in [0.2, 0.25) is 0 Å². The standard InChI is InChI=1S/C12H11FN2O3/c1-2-3-6-14-12(18)15-8-4-5-9(11(16)17)10(13)7-8/h1,4-5,7H,3,6H2,(H,16,17)(H2,14,15,18). The quantitative estimate of drug-likeness (QED) is 0.561. The van der Waals surface area contributed by atoms with Crippen LogP contribution in [0, 0.1) is 18.2 Å². The number of halogens is 1. The first-order chi connectivity index (χ1) is 8.54. The Hall–Kier alpha value is -2.55. The summed E-state index contributed by atoms with van der Waals surface area (Å²) in [5.74, 6) is 0.0718. The van der Waals surface area contributed by atoms with E-state index >= 15 is 0 Å². The van der Waals surface area contributed by atoms with Crippen molar-refractivity contribution < 1.29 is 19.1 Å². The van der Waals surface area contributed by atoms with Gasteiger partial charge in [0.15, 0.2) is 0 Å². The van der Waals surface area contributed by atoms with Crippen molar-refractivity contribution in [1.82, 2.24) is 5.32 Å². The smallest absolute Gasteiger partial charge is 0.338 e. The number of carbonyl (C=O) groups excluding carboxylic acids is 1. The van der Waals surface area contributed by atoms with Crippen molar-refractivity contribution in [2.75, 3.05) is 11.9 Å². The van der Waals surface area contributed by atoms with E-state index in [-0.39, 0.29) is 5.69 Å². The monoisotopic (exact) mass is 250 g/mol. The molecule has 6 heteroatoms. The second-order valence-corrected chi connectivity index (χ2v) is 3.33. The minimum atomic E-state index is -1.36. The van der Waals surface area contributed by atoms with Crippen molar-refractivity contribution in [1.29, 1.82) is 0 Å². The third-order valence-electron chi connectivity index (χ3n) is 2.01. The van der Waals surface area contributed by atoms with Crippen LogP contribution < -0.4 is 10.6 Å². The van der Waals surface area contributed by atoms with Crippen molar-refractivity contribution >= 4 is 17.7 Å². The van der Waals surface area contributed by atoms with Gasteiger partial charge in [0.25, 0.3) is 0 Å². The topological polar surface area (TPSA) is 78.4 Å². The van der Waals surface area contributed by atoms with Gasteiger partial charge in [-0.1, -0.05) is 0 Å². The summed E-state index contributed by atoms with van der Waals surface area (Å²) in [6.07, 6.45) is 5.39. The summed E-state index contributed by atoms with van der Waals surface area (Å²) < 4.78 is 13.3. The molecule has 1 aromatic rings. The summed E-state index contributed by atoms with van der Waals surface area (Å²) in [6, 6.07) is 2.78. The lowest BCUT2D eigenvalue weighted by Gasteiger charge is -2.07. The predicted molar refractivity (Wildman–Crippen MR) is 63.8 cm³/mol. The molecule has 18 heavy (non-hydrogen) atoms. The Morgan fingerprint density at radius 1 is 1.44 bits per heavy atom. The molecule has 0 saturated heterocycles. The molecule has 0 heterocycles. The Morgan fingerprint density at radius 3 is 2.72 bits per heavy atom. The molecular formula is C12H11FN2O3. The predicted octanol–water partition coefficient (Wildman–Crippen LogP) is 1.67. The Morgan fingerprint density at radius 2 is 2.17 bits per heavy atom. The second kappa shape index (κ2) is 6.25. The zero-order valence-electron chi connectivity index (χ0n) is 9.37. The van der Waals surface area contributed by atoms with Gasteiger partial charge >= 0.3 is 12.0 Å². The first kappa shape index (κ1) is 13.5. The lowest BCUT2D eigenvalue weighted by Crippen LogP contribution is -2.29. The molecule has 0 atom stereocenters. The molecule has 0 unspecified atom stereocenters. The van der Waals surface area contributed by atoms with Gasteiger partial charge in [-0.15, -0.1) is 12.3 Å². The van der Waals surface area contributed by atoms with Gasteiger partial charge < -0.3 is 15.7 Å². The molecule has 0 aliphatic heterocycles. The Bertz CT molecular complexity index is 509. The average Bonchev–Trinajstić information content (AvgIpc) is 2.28. The van der Waals surface area contributed by atoms with Crippen LogP contribution in [-0.4, -0.2) is 23.7 Å². The van der Waals surface area contributed by atoms with E-state index in [1.54, 1.807) is 0 Å². The summed E-state index contributed by atoms with van der Waals surface area (Å²) in [5.41, 5.74) is -0.288. The van der Waals surface area contributed by atoms with Crippen LogP contribution in [0.25, 0.3) is 0 Å². The van der Waals surface area contributed by atoms with Crippen molar-refractivity contribution in [3.05, 3.63) is 29.6 Å². The van der Waals surface area contributed by atoms with Gasteiger partial charge in [-0.05, 0) is 18.2 Å². The maximum Gasteiger partial charge on any atom is 0.338 e. The number of anilines is 1. The molecule has 0 fully saturated rings.